The molecule has 2 aromatic carbocycles. The highest BCUT2D eigenvalue weighted by Crippen LogP contribution is 2.31. The maximum absolute atomic E-state index is 14.6. The van der Waals surface area contributed by atoms with Gasteiger partial charge in [-0.25, -0.2) is 27.2 Å². The normalized spacial score (nSPS) is 12.7. The van der Waals surface area contributed by atoms with E-state index in [9.17, 15) is 17.2 Å². The molecule has 0 radical (unpaired) electrons. The molecule has 0 aliphatic rings. The largest absolute Gasteiger partial charge is 0.382 e. The first kappa shape index (κ1) is 24.4. The number of nitrogen functional groups attached to an aromatic ring is 1. The first-order chi connectivity index (χ1) is 16.6. The van der Waals surface area contributed by atoms with Crippen molar-refractivity contribution in [3.63, 3.8) is 0 Å². The number of nitrogens with two attached hydrogens (primary N) is 2. The van der Waals surface area contributed by atoms with Crippen LogP contribution in [0.25, 0.3) is 34.0 Å². The second-order valence-electron chi connectivity index (χ2n) is 8.18. The lowest BCUT2D eigenvalue weighted by Crippen LogP contribution is -2.13. The summed E-state index contributed by atoms with van der Waals surface area (Å²) in [6, 6.07) is 11.0. The van der Waals surface area contributed by atoms with Gasteiger partial charge in [-0.2, -0.15) is 0 Å². The molecule has 2 heterocycles. The third kappa shape index (κ3) is 4.77. The summed E-state index contributed by atoms with van der Waals surface area (Å²) in [5, 5.41) is 3.36. The number of nitrogens with zero attached hydrogens (tertiary/aromatic N) is 3. The molecule has 35 heavy (non-hydrogen) atoms. The van der Waals surface area contributed by atoms with Crippen LogP contribution in [0.5, 0.6) is 0 Å². The minimum absolute atomic E-state index is 0.0696. The summed E-state index contributed by atoms with van der Waals surface area (Å²) in [6.45, 7) is 2.43. The number of rotatable bonds is 7. The Balaban J connectivity index is 1.66. The number of halogens is 2. The fourth-order valence-electron chi connectivity index (χ4n) is 3.38. The number of aromatic nitrogens is 3. The van der Waals surface area contributed by atoms with Crippen molar-refractivity contribution in [2.24, 2.45) is 5.73 Å². The number of benzene rings is 2. The van der Waals surface area contributed by atoms with Crippen LogP contribution in [0.4, 0.5) is 14.6 Å². The molecular formula is C24H23F2N5O3S. The summed E-state index contributed by atoms with van der Waals surface area (Å²) >= 11 is 0. The number of hydrogen-bond acceptors (Lipinski definition) is 8. The molecule has 4 N–H and O–H groups in total. The molecule has 0 spiro atoms. The third-order valence-corrected chi connectivity index (χ3v) is 7.68. The third-order valence-electron chi connectivity index (χ3n) is 5.51. The van der Waals surface area contributed by atoms with Gasteiger partial charge >= 0.3 is 0 Å². The highest BCUT2D eigenvalue weighted by atomic mass is 32.2. The number of sulfone groups is 1. The zero-order valence-corrected chi connectivity index (χ0v) is 19.8. The van der Waals surface area contributed by atoms with E-state index in [4.69, 9.17) is 16.0 Å². The molecule has 1 unspecified atom stereocenters. The van der Waals surface area contributed by atoms with Crippen molar-refractivity contribution >= 4 is 15.7 Å². The van der Waals surface area contributed by atoms with Gasteiger partial charge in [0.15, 0.2) is 27.1 Å². The van der Waals surface area contributed by atoms with Crippen LogP contribution in [0.1, 0.15) is 25.5 Å². The van der Waals surface area contributed by atoms with Crippen molar-refractivity contribution in [2.75, 3.05) is 12.4 Å². The maximum atomic E-state index is 14.6. The fourth-order valence-corrected chi connectivity index (χ4v) is 4.44. The molecular weight excluding hydrogens is 476 g/mol. The molecule has 0 saturated heterocycles. The van der Waals surface area contributed by atoms with Gasteiger partial charge in [0.05, 0.1) is 28.1 Å². The second-order valence-corrected chi connectivity index (χ2v) is 10.7. The van der Waals surface area contributed by atoms with Gasteiger partial charge in [-0.05, 0) is 43.7 Å². The Morgan fingerprint density at radius 3 is 2.40 bits per heavy atom. The van der Waals surface area contributed by atoms with Crippen LogP contribution in [-0.4, -0.2) is 35.5 Å². The van der Waals surface area contributed by atoms with Gasteiger partial charge in [0.2, 0.25) is 0 Å². The predicted molar refractivity (Wildman–Crippen MR) is 128 cm³/mol. The van der Waals surface area contributed by atoms with Gasteiger partial charge in [0.25, 0.3) is 0 Å². The number of alkyl halides is 1. The molecule has 1 atom stereocenters. The van der Waals surface area contributed by atoms with Crippen LogP contribution in [0.3, 0.4) is 0 Å². The van der Waals surface area contributed by atoms with E-state index in [1.54, 1.807) is 26.0 Å². The zero-order valence-electron chi connectivity index (χ0n) is 18.9. The Kier molecular flexibility index (Phi) is 6.64. The molecule has 0 aliphatic carbocycles. The summed E-state index contributed by atoms with van der Waals surface area (Å²) in [6.07, 6.45) is 1.45. The maximum Gasteiger partial charge on any atom is 0.189 e. The smallest absolute Gasteiger partial charge is 0.189 e. The average molecular weight is 500 g/mol. The number of hydrogen-bond donors (Lipinski definition) is 2. The van der Waals surface area contributed by atoms with Crippen molar-refractivity contribution in [1.82, 2.24) is 15.1 Å². The van der Waals surface area contributed by atoms with Crippen LogP contribution in [0, 0.1) is 5.82 Å². The Morgan fingerprint density at radius 2 is 1.77 bits per heavy atom. The Bertz CT molecular complexity index is 1470. The molecule has 11 heteroatoms. The summed E-state index contributed by atoms with van der Waals surface area (Å²) in [5.41, 5.74) is 13.5. The van der Waals surface area contributed by atoms with E-state index in [1.165, 1.54) is 36.5 Å². The van der Waals surface area contributed by atoms with E-state index in [-0.39, 0.29) is 33.4 Å². The standard InChI is InChI=1S/C24H23F2N5O3S/c1-13(2)35(32,33)16-6-3-14(4-7-16)21-12-29-24(28)23(30-21)22-10-20(31-34-22)17-8-5-15(9-18(17)26)19(27)11-25/h3-10,12-13,19H,11,27H2,1-2H3,(H2,28,29). The summed E-state index contributed by atoms with van der Waals surface area (Å²) < 4.78 is 57.5. The molecule has 4 aromatic rings. The van der Waals surface area contributed by atoms with Crippen LogP contribution >= 0.6 is 0 Å². The minimum atomic E-state index is -3.41. The molecule has 4 rings (SSSR count). The van der Waals surface area contributed by atoms with Crippen molar-refractivity contribution in [1.29, 1.82) is 0 Å². The topological polar surface area (TPSA) is 138 Å². The zero-order chi connectivity index (χ0) is 25.3. The molecule has 8 nitrogen and oxygen atoms in total. The first-order valence-electron chi connectivity index (χ1n) is 10.7. The van der Waals surface area contributed by atoms with Crippen LogP contribution in [0.15, 0.2) is 64.1 Å². The Morgan fingerprint density at radius 1 is 1.06 bits per heavy atom. The van der Waals surface area contributed by atoms with Crippen molar-refractivity contribution in [3.05, 3.63) is 66.1 Å². The first-order valence-corrected chi connectivity index (χ1v) is 12.2. The highest BCUT2D eigenvalue weighted by molar-refractivity contribution is 7.92. The van der Waals surface area contributed by atoms with Gasteiger partial charge in [0, 0.05) is 17.2 Å². The van der Waals surface area contributed by atoms with Crippen molar-refractivity contribution in [2.45, 2.75) is 30.0 Å². The SMILES string of the molecule is CC(C)S(=O)(=O)c1ccc(-c2cnc(N)c(-c3cc(-c4ccc(C(N)CF)cc4F)no3)n2)cc1. The van der Waals surface area contributed by atoms with Crippen molar-refractivity contribution < 1.29 is 21.7 Å². The lowest BCUT2D eigenvalue weighted by Gasteiger charge is -2.09. The Hall–Kier alpha value is -3.70. The molecule has 0 aliphatic heterocycles. The summed E-state index contributed by atoms with van der Waals surface area (Å²) in [5.74, 6) is -0.398. The van der Waals surface area contributed by atoms with E-state index >= 15 is 0 Å². The molecule has 2 aromatic heterocycles. The molecule has 0 saturated carbocycles. The molecule has 0 bridgehead atoms. The average Bonchev–Trinajstić information content (AvgIpc) is 3.33. The van der Waals surface area contributed by atoms with E-state index in [0.29, 0.717) is 16.8 Å². The van der Waals surface area contributed by atoms with Gasteiger partial charge in [-0.3, -0.25) is 0 Å². The molecule has 0 fully saturated rings. The van der Waals surface area contributed by atoms with E-state index in [2.05, 4.69) is 15.1 Å². The van der Waals surface area contributed by atoms with E-state index in [0.717, 1.165) is 6.07 Å². The number of anilines is 1. The van der Waals surface area contributed by atoms with Gasteiger partial charge in [0.1, 0.15) is 18.2 Å². The second kappa shape index (κ2) is 9.51. The van der Waals surface area contributed by atoms with Crippen LogP contribution in [0.2, 0.25) is 0 Å². The highest BCUT2D eigenvalue weighted by Gasteiger charge is 2.20. The van der Waals surface area contributed by atoms with Crippen LogP contribution < -0.4 is 11.5 Å². The quantitative estimate of drug-likeness (QED) is 0.383. The lowest BCUT2D eigenvalue weighted by molar-refractivity contribution is 0.432. The van der Waals surface area contributed by atoms with Crippen LogP contribution in [-0.2, 0) is 9.84 Å². The van der Waals surface area contributed by atoms with E-state index < -0.39 is 33.6 Å². The molecule has 182 valence electrons. The lowest BCUT2D eigenvalue weighted by atomic mass is 10.0. The fraction of sp³-hybridized carbons (Fsp3) is 0.208. The van der Waals surface area contributed by atoms with Gasteiger partial charge in [-0.1, -0.05) is 23.4 Å². The van der Waals surface area contributed by atoms with Gasteiger partial charge < -0.3 is 16.0 Å². The monoisotopic (exact) mass is 499 g/mol. The summed E-state index contributed by atoms with van der Waals surface area (Å²) in [7, 11) is -3.41. The summed E-state index contributed by atoms with van der Waals surface area (Å²) in [4.78, 5) is 8.86. The Labute approximate surface area is 200 Å². The van der Waals surface area contributed by atoms with Gasteiger partial charge in [-0.15, -0.1) is 0 Å². The van der Waals surface area contributed by atoms with Crippen molar-refractivity contribution in [3.8, 4) is 34.0 Å². The van der Waals surface area contributed by atoms with E-state index in [1.807, 2.05) is 0 Å². The predicted octanol–water partition coefficient (Wildman–Crippen LogP) is 4.34. The minimum Gasteiger partial charge on any atom is -0.382 e. The molecule has 0 amide bonds.